The lowest BCUT2D eigenvalue weighted by Crippen LogP contribution is -1.91. The third-order valence-corrected chi connectivity index (χ3v) is 4.57. The van der Waals surface area contributed by atoms with E-state index in [1.54, 1.807) is 12.3 Å². The SMILES string of the molecule is O=S1(=O)c2nccc(CCc3ccccc3)c21. The third kappa shape index (κ3) is 1.74. The summed E-state index contributed by atoms with van der Waals surface area (Å²) in [4.78, 5) is 4.31. The Morgan fingerprint density at radius 3 is 2.53 bits per heavy atom. The van der Waals surface area contributed by atoms with Crippen molar-refractivity contribution in [2.24, 2.45) is 0 Å². The standard InChI is InChI=1S/C13H11NO2S/c15-17(16)12-11(8-9-14-13(12)17)7-6-10-4-2-1-3-5-10/h1-5,8-9H,6-7H2. The van der Waals surface area contributed by atoms with Gasteiger partial charge in [0.25, 0.3) is 0 Å². The molecule has 2 heterocycles. The molecule has 2 aromatic rings. The Bertz CT molecular complexity index is 663. The Morgan fingerprint density at radius 1 is 1.00 bits per heavy atom. The zero-order chi connectivity index (χ0) is 11.9. The number of aryl methyl sites for hydroxylation is 2. The van der Waals surface area contributed by atoms with Gasteiger partial charge in [-0.2, -0.15) is 0 Å². The minimum Gasteiger partial charge on any atom is -0.243 e. The van der Waals surface area contributed by atoms with Gasteiger partial charge in [0.15, 0.2) is 5.03 Å². The van der Waals surface area contributed by atoms with Crippen LogP contribution in [0.3, 0.4) is 0 Å². The van der Waals surface area contributed by atoms with E-state index in [1.165, 1.54) is 5.56 Å². The molecule has 0 unspecified atom stereocenters. The fraction of sp³-hybridized carbons (Fsp3) is 0.154. The lowest BCUT2D eigenvalue weighted by atomic mass is 10.1. The van der Waals surface area contributed by atoms with Crippen molar-refractivity contribution in [1.82, 2.24) is 4.98 Å². The lowest BCUT2D eigenvalue weighted by molar-refractivity contribution is 0.610. The largest absolute Gasteiger partial charge is 0.243 e. The summed E-state index contributed by atoms with van der Waals surface area (Å²) in [5, 5.41) is 0.267. The van der Waals surface area contributed by atoms with Gasteiger partial charge in [0.2, 0.25) is 9.84 Å². The second-order valence-corrected chi connectivity index (χ2v) is 5.90. The number of sulfone groups is 1. The van der Waals surface area contributed by atoms with E-state index in [2.05, 4.69) is 4.98 Å². The van der Waals surface area contributed by atoms with Crippen LogP contribution in [-0.4, -0.2) is 13.4 Å². The van der Waals surface area contributed by atoms with Gasteiger partial charge in [0, 0.05) is 6.20 Å². The Morgan fingerprint density at radius 2 is 1.76 bits per heavy atom. The molecule has 0 saturated heterocycles. The van der Waals surface area contributed by atoms with Gasteiger partial charge in [-0.1, -0.05) is 30.3 Å². The predicted octanol–water partition coefficient (Wildman–Crippen LogP) is 2.01. The molecule has 4 heteroatoms. The second kappa shape index (κ2) is 3.67. The van der Waals surface area contributed by atoms with Gasteiger partial charge in [0.1, 0.15) is 4.90 Å². The second-order valence-electron chi connectivity index (χ2n) is 4.09. The van der Waals surface area contributed by atoms with E-state index >= 15 is 0 Å². The molecule has 17 heavy (non-hydrogen) atoms. The molecule has 86 valence electrons. The van der Waals surface area contributed by atoms with Crippen molar-refractivity contribution in [3.63, 3.8) is 0 Å². The van der Waals surface area contributed by atoms with Crippen LogP contribution in [0.1, 0.15) is 11.1 Å². The zero-order valence-corrected chi connectivity index (χ0v) is 9.94. The first-order valence-corrected chi connectivity index (χ1v) is 6.95. The van der Waals surface area contributed by atoms with E-state index < -0.39 is 9.84 Å². The van der Waals surface area contributed by atoms with E-state index in [1.807, 2.05) is 30.3 Å². The van der Waals surface area contributed by atoms with Gasteiger partial charge in [-0.05, 0) is 30.0 Å². The molecule has 3 nitrogen and oxygen atoms in total. The summed E-state index contributed by atoms with van der Waals surface area (Å²) in [5.74, 6) is 0. The molecule has 0 saturated carbocycles. The molecule has 0 aliphatic carbocycles. The Labute approximate surface area is 100 Å². The Hall–Kier alpha value is -1.68. The van der Waals surface area contributed by atoms with E-state index in [-0.39, 0.29) is 5.03 Å². The molecule has 1 aliphatic rings. The van der Waals surface area contributed by atoms with E-state index in [0.717, 1.165) is 18.4 Å². The van der Waals surface area contributed by atoms with Crippen molar-refractivity contribution in [2.45, 2.75) is 22.8 Å². The highest BCUT2D eigenvalue weighted by Gasteiger charge is 2.43. The van der Waals surface area contributed by atoms with E-state index in [9.17, 15) is 8.42 Å². The first kappa shape index (κ1) is 10.5. The number of pyridine rings is 1. The summed E-state index contributed by atoms with van der Waals surface area (Å²) in [6.45, 7) is 0. The average molecular weight is 245 g/mol. The lowest BCUT2D eigenvalue weighted by Gasteiger charge is -2.00. The molecular weight excluding hydrogens is 234 g/mol. The Balaban J connectivity index is 1.81. The van der Waals surface area contributed by atoms with Gasteiger partial charge in [-0.25, -0.2) is 13.4 Å². The van der Waals surface area contributed by atoms with Crippen LogP contribution in [0.25, 0.3) is 0 Å². The van der Waals surface area contributed by atoms with Crippen LogP contribution in [0.15, 0.2) is 52.5 Å². The van der Waals surface area contributed by atoms with Gasteiger partial charge in [-0.15, -0.1) is 0 Å². The topological polar surface area (TPSA) is 47.0 Å². The van der Waals surface area contributed by atoms with Crippen molar-refractivity contribution in [3.05, 3.63) is 53.7 Å². The highest BCUT2D eigenvalue weighted by Crippen LogP contribution is 2.40. The number of hydrogen-bond acceptors (Lipinski definition) is 3. The maximum Gasteiger partial charge on any atom is 0.228 e. The fourth-order valence-corrected chi connectivity index (χ4v) is 3.48. The zero-order valence-electron chi connectivity index (χ0n) is 9.13. The molecule has 1 aromatic carbocycles. The van der Waals surface area contributed by atoms with Gasteiger partial charge >= 0.3 is 0 Å². The maximum absolute atomic E-state index is 11.5. The predicted molar refractivity (Wildman–Crippen MR) is 63.5 cm³/mol. The van der Waals surface area contributed by atoms with Crippen molar-refractivity contribution < 1.29 is 8.42 Å². The van der Waals surface area contributed by atoms with Crippen LogP contribution in [-0.2, 0) is 22.7 Å². The number of benzene rings is 1. The van der Waals surface area contributed by atoms with Crippen LogP contribution in [0.2, 0.25) is 0 Å². The molecule has 0 N–H and O–H groups in total. The molecule has 0 spiro atoms. The first-order valence-electron chi connectivity index (χ1n) is 5.46. The molecular formula is C13H11NO2S. The third-order valence-electron chi connectivity index (χ3n) is 2.96. The van der Waals surface area contributed by atoms with Crippen molar-refractivity contribution in [1.29, 1.82) is 0 Å². The smallest absolute Gasteiger partial charge is 0.228 e. The number of rotatable bonds is 3. The Kier molecular flexibility index (Phi) is 2.26. The molecule has 0 atom stereocenters. The van der Waals surface area contributed by atoms with Crippen molar-refractivity contribution in [3.8, 4) is 0 Å². The molecule has 0 amide bonds. The highest BCUT2D eigenvalue weighted by molar-refractivity contribution is 7.97. The normalized spacial score (nSPS) is 15.3. The molecule has 1 aliphatic heterocycles. The summed E-state index contributed by atoms with van der Waals surface area (Å²) in [7, 11) is -3.12. The summed E-state index contributed by atoms with van der Waals surface area (Å²) in [6.07, 6.45) is 3.17. The molecule has 1 aromatic heterocycles. The van der Waals surface area contributed by atoms with E-state index in [4.69, 9.17) is 0 Å². The molecule has 3 rings (SSSR count). The summed E-state index contributed by atoms with van der Waals surface area (Å²) < 4.78 is 23.0. The minimum absolute atomic E-state index is 0.267. The monoisotopic (exact) mass is 245 g/mol. The fourth-order valence-electron chi connectivity index (χ4n) is 2.01. The maximum atomic E-state index is 11.5. The van der Waals surface area contributed by atoms with Crippen LogP contribution in [0.4, 0.5) is 0 Å². The van der Waals surface area contributed by atoms with Crippen molar-refractivity contribution in [2.75, 3.05) is 0 Å². The van der Waals surface area contributed by atoms with Gasteiger partial charge < -0.3 is 0 Å². The molecule has 0 bridgehead atoms. The summed E-state index contributed by atoms with van der Waals surface area (Å²) in [6, 6.07) is 11.9. The molecule has 0 fully saturated rings. The minimum atomic E-state index is -3.12. The quantitative estimate of drug-likeness (QED) is 0.663. The summed E-state index contributed by atoms with van der Waals surface area (Å²) >= 11 is 0. The average Bonchev–Trinajstić information content (AvgIpc) is 2.92. The van der Waals surface area contributed by atoms with E-state index in [0.29, 0.717) is 4.90 Å². The highest BCUT2D eigenvalue weighted by atomic mass is 32.2. The van der Waals surface area contributed by atoms with Crippen LogP contribution < -0.4 is 0 Å². The van der Waals surface area contributed by atoms with Gasteiger partial charge in [0.05, 0.1) is 0 Å². The molecule has 0 radical (unpaired) electrons. The number of fused-ring (bicyclic) bond motifs is 1. The number of aromatic nitrogens is 1. The van der Waals surface area contributed by atoms with Crippen molar-refractivity contribution >= 4 is 9.84 Å². The number of nitrogens with zero attached hydrogens (tertiary/aromatic N) is 1. The first-order chi connectivity index (χ1) is 8.19. The number of hydrogen-bond donors (Lipinski definition) is 0. The van der Waals surface area contributed by atoms with Crippen LogP contribution in [0, 0.1) is 0 Å². The van der Waals surface area contributed by atoms with Crippen LogP contribution in [0.5, 0.6) is 0 Å². The van der Waals surface area contributed by atoms with Crippen LogP contribution >= 0.6 is 0 Å². The summed E-state index contributed by atoms with van der Waals surface area (Å²) in [5.41, 5.74) is 2.11. The van der Waals surface area contributed by atoms with Gasteiger partial charge in [-0.3, -0.25) is 0 Å².